The molecule has 1 amide bonds. The van der Waals surface area contributed by atoms with E-state index < -0.39 is 5.97 Å². The van der Waals surface area contributed by atoms with E-state index in [2.05, 4.69) is 12.2 Å². The van der Waals surface area contributed by atoms with Gasteiger partial charge in [0.05, 0.1) is 12.0 Å². The van der Waals surface area contributed by atoms with Crippen LogP contribution < -0.4 is 5.32 Å². The van der Waals surface area contributed by atoms with Crippen LogP contribution in [0, 0.1) is 5.41 Å². The summed E-state index contributed by atoms with van der Waals surface area (Å²) in [5.41, 5.74) is 1.21. The van der Waals surface area contributed by atoms with Gasteiger partial charge in [-0.1, -0.05) is 25.5 Å². The number of amides is 1. The molecule has 102 valence electrons. The smallest absolute Gasteiger partial charge is 0.335 e. The lowest BCUT2D eigenvalue weighted by Gasteiger charge is -2.38. The quantitative estimate of drug-likeness (QED) is 0.854. The molecule has 1 aliphatic carbocycles. The van der Waals surface area contributed by atoms with Gasteiger partial charge in [0.25, 0.3) is 0 Å². The van der Waals surface area contributed by atoms with E-state index in [4.69, 9.17) is 5.11 Å². The highest BCUT2D eigenvalue weighted by Crippen LogP contribution is 2.39. The summed E-state index contributed by atoms with van der Waals surface area (Å²) in [6.45, 7) is 2.90. The third-order valence-electron chi connectivity index (χ3n) is 3.81. The van der Waals surface area contributed by atoms with Crippen LogP contribution in [-0.2, 0) is 11.2 Å². The van der Waals surface area contributed by atoms with Gasteiger partial charge in [0, 0.05) is 6.54 Å². The molecule has 0 heterocycles. The minimum absolute atomic E-state index is 0.0457. The number of benzene rings is 1. The van der Waals surface area contributed by atoms with Crippen molar-refractivity contribution in [3.63, 3.8) is 0 Å². The SMILES string of the molecule is CC1(CNC(=O)Cc2cccc(C(=O)O)c2)CCC1. The van der Waals surface area contributed by atoms with Crippen LogP contribution in [0.1, 0.15) is 42.1 Å². The van der Waals surface area contributed by atoms with Gasteiger partial charge in [0.1, 0.15) is 0 Å². The second-order valence-electron chi connectivity index (χ2n) is 5.62. The number of aromatic carboxylic acids is 1. The molecule has 19 heavy (non-hydrogen) atoms. The number of hydrogen-bond donors (Lipinski definition) is 2. The summed E-state index contributed by atoms with van der Waals surface area (Å²) in [5.74, 6) is -1.01. The molecule has 1 aliphatic rings. The van der Waals surface area contributed by atoms with Crippen molar-refractivity contribution >= 4 is 11.9 Å². The third-order valence-corrected chi connectivity index (χ3v) is 3.81. The van der Waals surface area contributed by atoms with Gasteiger partial charge in [-0.05, 0) is 36.0 Å². The standard InChI is InChI=1S/C15H19NO3/c1-15(6-3-7-15)10-16-13(17)9-11-4-2-5-12(8-11)14(18)19/h2,4-5,8H,3,6-7,9-10H2,1H3,(H,16,17)(H,18,19). The Labute approximate surface area is 112 Å². The molecule has 0 unspecified atom stereocenters. The van der Waals surface area contributed by atoms with Gasteiger partial charge < -0.3 is 10.4 Å². The van der Waals surface area contributed by atoms with Gasteiger partial charge in [-0.3, -0.25) is 4.79 Å². The van der Waals surface area contributed by atoms with Crippen LogP contribution in [-0.4, -0.2) is 23.5 Å². The van der Waals surface area contributed by atoms with Gasteiger partial charge in [0.2, 0.25) is 5.91 Å². The summed E-state index contributed by atoms with van der Waals surface area (Å²) in [7, 11) is 0. The Kier molecular flexibility index (Phi) is 3.88. The van der Waals surface area contributed by atoms with E-state index in [1.54, 1.807) is 18.2 Å². The van der Waals surface area contributed by atoms with E-state index >= 15 is 0 Å². The van der Waals surface area contributed by atoms with Crippen molar-refractivity contribution in [2.75, 3.05) is 6.54 Å². The van der Waals surface area contributed by atoms with Crippen molar-refractivity contribution in [3.05, 3.63) is 35.4 Å². The fourth-order valence-corrected chi connectivity index (χ4v) is 2.33. The monoisotopic (exact) mass is 261 g/mol. The van der Waals surface area contributed by atoms with E-state index in [1.807, 2.05) is 0 Å². The van der Waals surface area contributed by atoms with Crippen LogP contribution in [0.5, 0.6) is 0 Å². The van der Waals surface area contributed by atoms with E-state index in [0.717, 1.165) is 5.56 Å². The lowest BCUT2D eigenvalue weighted by molar-refractivity contribution is -0.121. The van der Waals surface area contributed by atoms with Gasteiger partial charge in [-0.2, -0.15) is 0 Å². The Morgan fingerprint density at radius 1 is 1.37 bits per heavy atom. The molecule has 1 fully saturated rings. The molecule has 4 heteroatoms. The Morgan fingerprint density at radius 3 is 2.68 bits per heavy atom. The Balaban J connectivity index is 1.88. The summed E-state index contributed by atoms with van der Waals surface area (Å²) < 4.78 is 0. The zero-order chi connectivity index (χ0) is 13.9. The van der Waals surface area contributed by atoms with E-state index in [0.29, 0.717) is 6.54 Å². The molecule has 0 saturated heterocycles. The van der Waals surface area contributed by atoms with Crippen LogP contribution in [0.25, 0.3) is 0 Å². The average Bonchev–Trinajstić information content (AvgIpc) is 2.34. The number of carbonyl (C=O) groups excluding carboxylic acids is 1. The topological polar surface area (TPSA) is 66.4 Å². The molecule has 0 atom stereocenters. The molecule has 1 aromatic rings. The number of carboxylic acids is 1. The minimum Gasteiger partial charge on any atom is -0.478 e. The van der Waals surface area contributed by atoms with Crippen molar-refractivity contribution < 1.29 is 14.7 Å². The molecular formula is C15H19NO3. The normalized spacial score (nSPS) is 16.5. The number of carboxylic acid groups (broad SMARTS) is 1. The number of hydrogen-bond acceptors (Lipinski definition) is 2. The van der Waals surface area contributed by atoms with Crippen LogP contribution in [0.2, 0.25) is 0 Å². The highest BCUT2D eigenvalue weighted by molar-refractivity contribution is 5.88. The molecular weight excluding hydrogens is 242 g/mol. The summed E-state index contributed by atoms with van der Waals surface area (Å²) in [5, 5.41) is 11.8. The van der Waals surface area contributed by atoms with Crippen molar-refractivity contribution in [1.82, 2.24) is 5.32 Å². The predicted molar refractivity (Wildman–Crippen MR) is 72.1 cm³/mol. The Hall–Kier alpha value is -1.84. The number of carbonyl (C=O) groups is 2. The Morgan fingerprint density at radius 2 is 2.11 bits per heavy atom. The van der Waals surface area contributed by atoms with E-state index in [-0.39, 0.29) is 23.3 Å². The maximum Gasteiger partial charge on any atom is 0.335 e. The minimum atomic E-state index is -0.968. The molecule has 1 saturated carbocycles. The fourth-order valence-electron chi connectivity index (χ4n) is 2.33. The van der Waals surface area contributed by atoms with Gasteiger partial charge in [0.15, 0.2) is 0 Å². The first-order valence-electron chi connectivity index (χ1n) is 6.57. The second kappa shape index (κ2) is 5.43. The van der Waals surface area contributed by atoms with Crippen molar-refractivity contribution in [2.24, 2.45) is 5.41 Å². The zero-order valence-corrected chi connectivity index (χ0v) is 11.1. The highest BCUT2D eigenvalue weighted by atomic mass is 16.4. The summed E-state index contributed by atoms with van der Waals surface area (Å²) >= 11 is 0. The second-order valence-corrected chi connectivity index (χ2v) is 5.62. The van der Waals surface area contributed by atoms with Crippen molar-refractivity contribution in [3.8, 4) is 0 Å². The predicted octanol–water partition coefficient (Wildman–Crippen LogP) is 2.23. The average molecular weight is 261 g/mol. The lowest BCUT2D eigenvalue weighted by Crippen LogP contribution is -2.40. The molecule has 4 nitrogen and oxygen atoms in total. The summed E-state index contributed by atoms with van der Waals surface area (Å²) in [6.07, 6.45) is 3.81. The maximum atomic E-state index is 11.8. The van der Waals surface area contributed by atoms with Crippen molar-refractivity contribution in [1.29, 1.82) is 0 Å². The van der Waals surface area contributed by atoms with Crippen molar-refractivity contribution in [2.45, 2.75) is 32.6 Å². The zero-order valence-electron chi connectivity index (χ0n) is 11.1. The molecule has 0 spiro atoms. The first-order valence-corrected chi connectivity index (χ1v) is 6.57. The van der Waals surface area contributed by atoms with Crippen LogP contribution in [0.4, 0.5) is 0 Å². The molecule has 0 aliphatic heterocycles. The number of rotatable bonds is 5. The van der Waals surface area contributed by atoms with Crippen LogP contribution >= 0.6 is 0 Å². The van der Waals surface area contributed by atoms with Gasteiger partial charge in [-0.25, -0.2) is 4.79 Å². The highest BCUT2D eigenvalue weighted by Gasteiger charge is 2.31. The van der Waals surface area contributed by atoms with E-state index in [9.17, 15) is 9.59 Å². The molecule has 0 bridgehead atoms. The lowest BCUT2D eigenvalue weighted by atomic mass is 9.70. The first-order chi connectivity index (χ1) is 8.98. The van der Waals surface area contributed by atoms with Gasteiger partial charge in [-0.15, -0.1) is 0 Å². The van der Waals surface area contributed by atoms with Crippen LogP contribution in [0.3, 0.4) is 0 Å². The molecule has 0 radical (unpaired) electrons. The summed E-state index contributed by atoms with van der Waals surface area (Å²) in [6, 6.07) is 6.52. The Bertz CT molecular complexity index is 492. The molecule has 2 rings (SSSR count). The molecule has 1 aromatic carbocycles. The molecule has 0 aromatic heterocycles. The first kappa shape index (κ1) is 13.6. The van der Waals surface area contributed by atoms with Crippen LogP contribution in [0.15, 0.2) is 24.3 Å². The largest absolute Gasteiger partial charge is 0.478 e. The number of nitrogens with one attached hydrogen (secondary N) is 1. The summed E-state index contributed by atoms with van der Waals surface area (Å²) in [4.78, 5) is 22.7. The fraction of sp³-hybridized carbons (Fsp3) is 0.467. The van der Waals surface area contributed by atoms with Gasteiger partial charge >= 0.3 is 5.97 Å². The van der Waals surface area contributed by atoms with E-state index in [1.165, 1.54) is 25.3 Å². The molecule has 2 N–H and O–H groups in total. The third kappa shape index (κ3) is 3.56. The maximum absolute atomic E-state index is 11.8.